The van der Waals surface area contributed by atoms with Gasteiger partial charge in [0.15, 0.2) is 0 Å². The summed E-state index contributed by atoms with van der Waals surface area (Å²) in [6.45, 7) is 3.58. The van der Waals surface area contributed by atoms with Crippen LogP contribution >= 0.6 is 0 Å². The maximum Gasteiger partial charge on any atom is 0.325 e. The summed E-state index contributed by atoms with van der Waals surface area (Å²) in [6.07, 6.45) is 0. The lowest BCUT2D eigenvalue weighted by atomic mass is 9.91. The van der Waals surface area contributed by atoms with Crippen LogP contribution in [0.25, 0.3) is 0 Å². The first-order valence-electron chi connectivity index (χ1n) is 7.76. The monoisotopic (exact) mass is 339 g/mol. The molecule has 0 aliphatic carbocycles. The summed E-state index contributed by atoms with van der Waals surface area (Å²) >= 11 is 0. The van der Waals surface area contributed by atoms with Crippen LogP contribution in [0.4, 0.5) is 10.5 Å². The molecule has 0 aromatic heterocycles. The molecule has 0 unspecified atom stereocenters. The van der Waals surface area contributed by atoms with E-state index in [9.17, 15) is 19.7 Å². The maximum absolute atomic E-state index is 12.9. The molecule has 0 saturated carbocycles. The molecule has 1 atom stereocenters. The quantitative estimate of drug-likeness (QED) is 0.526. The number of urea groups is 1. The summed E-state index contributed by atoms with van der Waals surface area (Å²) < 4.78 is 0. The molecule has 2 aromatic rings. The topological polar surface area (TPSA) is 92.6 Å². The second kappa shape index (κ2) is 6.01. The van der Waals surface area contributed by atoms with Crippen molar-refractivity contribution in [1.82, 2.24) is 10.2 Å². The van der Waals surface area contributed by atoms with Crippen LogP contribution in [-0.2, 0) is 16.9 Å². The first-order valence-corrected chi connectivity index (χ1v) is 7.76. The Balaban J connectivity index is 1.88. The zero-order chi connectivity index (χ0) is 18.2. The van der Waals surface area contributed by atoms with Gasteiger partial charge in [-0.1, -0.05) is 42.0 Å². The number of carbonyl (C=O) groups is 2. The molecule has 2 aromatic carbocycles. The molecular weight excluding hydrogens is 322 g/mol. The van der Waals surface area contributed by atoms with Gasteiger partial charge in [0.1, 0.15) is 5.54 Å². The molecule has 1 aliphatic rings. The van der Waals surface area contributed by atoms with E-state index in [1.807, 2.05) is 31.2 Å². The molecule has 7 nitrogen and oxygen atoms in total. The van der Waals surface area contributed by atoms with Gasteiger partial charge < -0.3 is 5.32 Å². The second-order valence-electron chi connectivity index (χ2n) is 6.24. The number of benzene rings is 2. The average molecular weight is 339 g/mol. The minimum Gasteiger partial charge on any atom is -0.319 e. The molecule has 1 saturated heterocycles. The number of amides is 3. The Morgan fingerprint density at radius 1 is 1.16 bits per heavy atom. The predicted octanol–water partition coefficient (Wildman–Crippen LogP) is 2.87. The number of imide groups is 1. The number of rotatable bonds is 4. The number of nitrogens with one attached hydrogen (secondary N) is 1. The van der Waals surface area contributed by atoms with Crippen molar-refractivity contribution in [1.29, 1.82) is 0 Å². The molecule has 7 heteroatoms. The summed E-state index contributed by atoms with van der Waals surface area (Å²) in [5.74, 6) is -0.382. The highest BCUT2D eigenvalue weighted by atomic mass is 16.6. The van der Waals surface area contributed by atoms with Gasteiger partial charge in [-0.05, 0) is 25.0 Å². The first kappa shape index (κ1) is 16.6. The van der Waals surface area contributed by atoms with Gasteiger partial charge in [0.2, 0.25) is 0 Å². The largest absolute Gasteiger partial charge is 0.325 e. The molecule has 1 N–H and O–H groups in total. The minimum absolute atomic E-state index is 0.0200. The summed E-state index contributed by atoms with van der Waals surface area (Å²) in [5.41, 5.74) is 1.04. The zero-order valence-corrected chi connectivity index (χ0v) is 13.9. The molecule has 0 radical (unpaired) electrons. The number of carbonyl (C=O) groups excluding carboxylic acids is 2. The van der Waals surface area contributed by atoms with Crippen LogP contribution in [0, 0.1) is 17.0 Å². The Labute approximate surface area is 144 Å². The number of non-ortho nitro benzene ring substituents is 1. The van der Waals surface area contributed by atoms with Crippen molar-refractivity contribution in [2.45, 2.75) is 25.9 Å². The van der Waals surface area contributed by atoms with Gasteiger partial charge in [-0.15, -0.1) is 0 Å². The molecule has 128 valence electrons. The normalized spacial score (nSPS) is 19.8. The highest BCUT2D eigenvalue weighted by molar-refractivity contribution is 6.07. The van der Waals surface area contributed by atoms with Crippen LogP contribution in [0.3, 0.4) is 0 Å². The van der Waals surface area contributed by atoms with Gasteiger partial charge in [0, 0.05) is 12.1 Å². The van der Waals surface area contributed by atoms with Crippen LogP contribution in [0.2, 0.25) is 0 Å². The fourth-order valence-electron chi connectivity index (χ4n) is 2.87. The van der Waals surface area contributed by atoms with E-state index in [4.69, 9.17) is 0 Å². The first-order chi connectivity index (χ1) is 11.8. The third kappa shape index (κ3) is 2.96. The van der Waals surface area contributed by atoms with Gasteiger partial charge in [0.25, 0.3) is 11.6 Å². The smallest absolute Gasteiger partial charge is 0.319 e. The van der Waals surface area contributed by atoms with Crippen molar-refractivity contribution < 1.29 is 14.5 Å². The van der Waals surface area contributed by atoms with Gasteiger partial charge in [-0.2, -0.15) is 0 Å². The van der Waals surface area contributed by atoms with Crippen molar-refractivity contribution in [3.8, 4) is 0 Å². The lowest BCUT2D eigenvalue weighted by molar-refractivity contribution is -0.384. The summed E-state index contributed by atoms with van der Waals surface area (Å²) in [7, 11) is 0. The SMILES string of the molecule is Cc1ccc([C@@]2(C)NC(=O)N(Cc3cccc([N+](=O)[O-])c3)C2=O)cc1. The van der Waals surface area contributed by atoms with Crippen molar-refractivity contribution in [2.75, 3.05) is 0 Å². The third-order valence-corrected chi connectivity index (χ3v) is 4.37. The lowest BCUT2D eigenvalue weighted by Gasteiger charge is -2.22. The standard InChI is InChI=1S/C18H17N3O4/c1-12-6-8-14(9-7-12)18(2)16(22)20(17(23)19-18)11-13-4-3-5-15(10-13)21(24)25/h3-10H,11H2,1-2H3,(H,19,23)/t18-/m1/s1. The van der Waals surface area contributed by atoms with E-state index < -0.39 is 16.5 Å². The Kier molecular flexibility index (Phi) is 4.00. The van der Waals surface area contributed by atoms with Gasteiger partial charge >= 0.3 is 6.03 Å². The summed E-state index contributed by atoms with van der Waals surface area (Å²) in [5, 5.41) is 13.6. The number of aryl methyl sites for hydroxylation is 1. The number of nitro benzene ring substituents is 1. The highest BCUT2D eigenvalue weighted by Crippen LogP contribution is 2.30. The van der Waals surface area contributed by atoms with E-state index in [1.165, 1.54) is 18.2 Å². The van der Waals surface area contributed by atoms with Crippen LogP contribution in [0.15, 0.2) is 48.5 Å². The third-order valence-electron chi connectivity index (χ3n) is 4.37. The highest BCUT2D eigenvalue weighted by Gasteiger charge is 2.48. The summed E-state index contributed by atoms with van der Waals surface area (Å²) in [6, 6.07) is 12.8. The molecule has 25 heavy (non-hydrogen) atoms. The predicted molar refractivity (Wildman–Crippen MR) is 90.7 cm³/mol. The van der Waals surface area contributed by atoms with Gasteiger partial charge in [-0.25, -0.2) is 4.79 Å². The van der Waals surface area contributed by atoms with Crippen molar-refractivity contribution in [3.05, 3.63) is 75.3 Å². The van der Waals surface area contributed by atoms with E-state index in [1.54, 1.807) is 13.0 Å². The fourth-order valence-corrected chi connectivity index (χ4v) is 2.87. The molecule has 0 spiro atoms. The Morgan fingerprint density at radius 2 is 1.84 bits per heavy atom. The van der Waals surface area contributed by atoms with Crippen molar-refractivity contribution in [3.63, 3.8) is 0 Å². The molecular formula is C18H17N3O4. The zero-order valence-electron chi connectivity index (χ0n) is 13.9. The number of nitro groups is 1. The Hall–Kier alpha value is -3.22. The average Bonchev–Trinajstić information content (AvgIpc) is 2.80. The molecule has 1 fully saturated rings. The fraction of sp³-hybridized carbons (Fsp3) is 0.222. The van der Waals surface area contributed by atoms with Gasteiger partial charge in [0.05, 0.1) is 11.5 Å². The number of nitrogens with zero attached hydrogens (tertiary/aromatic N) is 2. The lowest BCUT2D eigenvalue weighted by Crippen LogP contribution is -2.40. The van der Waals surface area contributed by atoms with E-state index in [0.717, 1.165) is 10.5 Å². The number of hydrogen-bond acceptors (Lipinski definition) is 4. The van der Waals surface area contributed by atoms with Crippen LogP contribution < -0.4 is 5.32 Å². The Morgan fingerprint density at radius 3 is 2.48 bits per heavy atom. The minimum atomic E-state index is -1.15. The molecule has 1 heterocycles. The number of hydrogen-bond donors (Lipinski definition) is 1. The second-order valence-corrected chi connectivity index (χ2v) is 6.24. The summed E-state index contributed by atoms with van der Waals surface area (Å²) in [4.78, 5) is 36.6. The van der Waals surface area contributed by atoms with Crippen molar-refractivity contribution in [2.24, 2.45) is 0 Å². The van der Waals surface area contributed by atoms with E-state index in [2.05, 4.69) is 5.32 Å². The van der Waals surface area contributed by atoms with E-state index in [-0.39, 0.29) is 18.1 Å². The maximum atomic E-state index is 12.9. The molecule has 3 amide bonds. The van der Waals surface area contributed by atoms with E-state index in [0.29, 0.717) is 11.1 Å². The van der Waals surface area contributed by atoms with E-state index >= 15 is 0 Å². The molecule has 0 bridgehead atoms. The van der Waals surface area contributed by atoms with Gasteiger partial charge in [-0.3, -0.25) is 19.8 Å². The van der Waals surface area contributed by atoms with Crippen LogP contribution in [-0.4, -0.2) is 21.8 Å². The Bertz CT molecular complexity index is 863. The van der Waals surface area contributed by atoms with Crippen LogP contribution in [0.1, 0.15) is 23.6 Å². The molecule has 3 rings (SSSR count). The van der Waals surface area contributed by atoms with Crippen molar-refractivity contribution >= 4 is 17.6 Å². The molecule has 1 aliphatic heterocycles. The van der Waals surface area contributed by atoms with Crippen LogP contribution in [0.5, 0.6) is 0 Å².